The molecule has 0 radical (unpaired) electrons. The maximum atomic E-state index is 12.9. The summed E-state index contributed by atoms with van der Waals surface area (Å²) in [6.45, 7) is 2.08. The van der Waals surface area contributed by atoms with E-state index >= 15 is 0 Å². The average Bonchev–Trinajstić information content (AvgIpc) is 1.96. The van der Waals surface area contributed by atoms with Gasteiger partial charge in [-0.15, -0.1) is 0 Å². The highest BCUT2D eigenvalue weighted by Crippen LogP contribution is 2.28. The van der Waals surface area contributed by atoms with Gasteiger partial charge in [-0.05, 0) is 28.9 Å². The van der Waals surface area contributed by atoms with Crippen LogP contribution in [-0.4, -0.2) is 6.61 Å². The van der Waals surface area contributed by atoms with Crippen LogP contribution in [0.15, 0.2) is 16.6 Å². The molecule has 4 heteroatoms. The first-order chi connectivity index (χ1) is 5.65. The predicted octanol–water partition coefficient (Wildman–Crippen LogP) is 3.13. The Morgan fingerprint density at radius 1 is 1.42 bits per heavy atom. The van der Waals surface area contributed by atoms with Crippen LogP contribution in [0.1, 0.15) is 6.92 Å². The van der Waals surface area contributed by atoms with Crippen molar-refractivity contribution in [2.45, 2.75) is 6.92 Å². The molecule has 0 saturated heterocycles. The largest absolute Gasteiger partial charge is 0.490 e. The van der Waals surface area contributed by atoms with E-state index in [1.54, 1.807) is 6.92 Å². The van der Waals surface area contributed by atoms with Crippen molar-refractivity contribution < 1.29 is 13.5 Å². The summed E-state index contributed by atoms with van der Waals surface area (Å²) in [5.74, 6) is -1.26. The molecule has 0 amide bonds. The molecule has 1 rings (SSSR count). The molecule has 0 aliphatic rings. The molecule has 0 aliphatic carbocycles. The first-order valence-electron chi connectivity index (χ1n) is 3.42. The van der Waals surface area contributed by atoms with Gasteiger partial charge in [0.1, 0.15) is 5.82 Å². The van der Waals surface area contributed by atoms with E-state index in [0.29, 0.717) is 11.1 Å². The van der Waals surface area contributed by atoms with E-state index < -0.39 is 11.6 Å². The van der Waals surface area contributed by atoms with Gasteiger partial charge in [-0.1, -0.05) is 0 Å². The van der Waals surface area contributed by atoms with Crippen molar-refractivity contribution in [3.05, 3.63) is 28.2 Å². The zero-order valence-corrected chi connectivity index (χ0v) is 7.99. The summed E-state index contributed by atoms with van der Waals surface area (Å²) in [4.78, 5) is 0. The number of hydrogen-bond acceptors (Lipinski definition) is 1. The van der Waals surface area contributed by atoms with E-state index in [0.717, 1.165) is 12.1 Å². The lowest BCUT2D eigenvalue weighted by Crippen LogP contribution is -1.96. The highest BCUT2D eigenvalue weighted by Gasteiger charge is 2.09. The Morgan fingerprint density at radius 2 is 2.08 bits per heavy atom. The van der Waals surface area contributed by atoms with Crippen molar-refractivity contribution in [1.82, 2.24) is 0 Å². The minimum absolute atomic E-state index is 0.0545. The van der Waals surface area contributed by atoms with Crippen LogP contribution >= 0.6 is 15.9 Å². The smallest absolute Gasteiger partial charge is 0.169 e. The van der Waals surface area contributed by atoms with Crippen molar-refractivity contribution in [2.75, 3.05) is 6.61 Å². The predicted molar refractivity (Wildman–Crippen MR) is 45.2 cm³/mol. The van der Waals surface area contributed by atoms with Crippen molar-refractivity contribution in [2.24, 2.45) is 0 Å². The maximum absolute atomic E-state index is 12.9. The lowest BCUT2D eigenvalue weighted by molar-refractivity contribution is 0.318. The van der Waals surface area contributed by atoms with Gasteiger partial charge < -0.3 is 4.74 Å². The molecule has 0 fully saturated rings. The summed E-state index contributed by atoms with van der Waals surface area (Å²) >= 11 is 2.99. The minimum atomic E-state index is -0.691. The third-order valence-corrected chi connectivity index (χ3v) is 1.84. The number of rotatable bonds is 2. The highest BCUT2D eigenvalue weighted by atomic mass is 79.9. The van der Waals surface area contributed by atoms with Gasteiger partial charge in [0, 0.05) is 6.07 Å². The van der Waals surface area contributed by atoms with Gasteiger partial charge in [-0.2, -0.15) is 0 Å². The molecule has 0 unspecified atom stereocenters. The topological polar surface area (TPSA) is 9.23 Å². The van der Waals surface area contributed by atoms with Crippen LogP contribution in [0.2, 0.25) is 0 Å². The Labute approximate surface area is 77.5 Å². The Kier molecular flexibility index (Phi) is 3.03. The normalized spacial score (nSPS) is 10.0. The third kappa shape index (κ3) is 1.94. The quantitative estimate of drug-likeness (QED) is 0.767. The van der Waals surface area contributed by atoms with Crippen LogP contribution in [0.5, 0.6) is 5.75 Å². The molecule has 66 valence electrons. The van der Waals surface area contributed by atoms with Crippen LogP contribution in [0, 0.1) is 11.6 Å². The molecular formula is C8H7BrF2O. The fourth-order valence-corrected chi connectivity index (χ4v) is 1.33. The van der Waals surface area contributed by atoms with E-state index in [2.05, 4.69) is 15.9 Å². The van der Waals surface area contributed by atoms with Crippen molar-refractivity contribution >= 4 is 15.9 Å². The average molecular weight is 237 g/mol. The summed E-state index contributed by atoms with van der Waals surface area (Å²) in [6.07, 6.45) is 0. The summed E-state index contributed by atoms with van der Waals surface area (Å²) in [7, 11) is 0. The Morgan fingerprint density at radius 3 is 2.58 bits per heavy atom. The zero-order valence-electron chi connectivity index (χ0n) is 6.40. The number of ether oxygens (including phenoxy) is 1. The lowest BCUT2D eigenvalue weighted by Gasteiger charge is -2.06. The van der Waals surface area contributed by atoms with Crippen molar-refractivity contribution in [1.29, 1.82) is 0 Å². The molecule has 1 aromatic carbocycles. The zero-order chi connectivity index (χ0) is 9.14. The van der Waals surface area contributed by atoms with Gasteiger partial charge in [0.25, 0.3) is 0 Å². The van der Waals surface area contributed by atoms with Gasteiger partial charge in [-0.25, -0.2) is 8.78 Å². The molecule has 1 aromatic rings. The van der Waals surface area contributed by atoms with Crippen LogP contribution in [0.3, 0.4) is 0 Å². The molecule has 0 N–H and O–H groups in total. The van der Waals surface area contributed by atoms with E-state index in [1.165, 1.54) is 0 Å². The minimum Gasteiger partial charge on any atom is -0.490 e. The van der Waals surface area contributed by atoms with E-state index in [4.69, 9.17) is 4.74 Å². The first-order valence-corrected chi connectivity index (χ1v) is 4.21. The van der Waals surface area contributed by atoms with Gasteiger partial charge in [0.15, 0.2) is 11.6 Å². The van der Waals surface area contributed by atoms with Crippen LogP contribution < -0.4 is 4.74 Å². The number of benzene rings is 1. The summed E-state index contributed by atoms with van der Waals surface area (Å²) in [5, 5.41) is 0. The van der Waals surface area contributed by atoms with Gasteiger partial charge in [-0.3, -0.25) is 0 Å². The molecule has 12 heavy (non-hydrogen) atoms. The summed E-state index contributed by atoms with van der Waals surface area (Å²) in [6, 6.07) is 1.95. The number of halogens is 3. The molecule has 0 saturated carbocycles. The molecule has 0 spiro atoms. The van der Waals surface area contributed by atoms with Crippen LogP contribution in [-0.2, 0) is 0 Å². The monoisotopic (exact) mass is 236 g/mol. The van der Waals surface area contributed by atoms with Gasteiger partial charge in [0.05, 0.1) is 11.1 Å². The second-order valence-electron chi connectivity index (χ2n) is 2.13. The van der Waals surface area contributed by atoms with Crippen molar-refractivity contribution in [3.8, 4) is 5.75 Å². The second-order valence-corrected chi connectivity index (χ2v) is 2.99. The molecule has 0 heterocycles. The SMILES string of the molecule is CCOc1c(F)cc(F)cc1Br. The standard InChI is InChI=1S/C8H7BrF2O/c1-2-12-8-6(9)3-5(10)4-7(8)11/h3-4H,2H2,1H3. The number of hydrogen-bond donors (Lipinski definition) is 0. The Bertz CT molecular complexity index is 265. The van der Waals surface area contributed by atoms with Crippen molar-refractivity contribution in [3.63, 3.8) is 0 Å². The fraction of sp³-hybridized carbons (Fsp3) is 0.250. The third-order valence-electron chi connectivity index (χ3n) is 1.25. The fourth-order valence-electron chi connectivity index (χ4n) is 0.811. The Hall–Kier alpha value is -0.640. The second kappa shape index (κ2) is 3.85. The molecule has 0 bridgehead atoms. The molecule has 0 aromatic heterocycles. The van der Waals surface area contributed by atoms with Crippen LogP contribution in [0.25, 0.3) is 0 Å². The highest BCUT2D eigenvalue weighted by molar-refractivity contribution is 9.10. The van der Waals surface area contributed by atoms with E-state index in [-0.39, 0.29) is 5.75 Å². The summed E-state index contributed by atoms with van der Waals surface area (Å²) in [5.41, 5.74) is 0. The van der Waals surface area contributed by atoms with E-state index in [1.807, 2.05) is 0 Å². The Balaban J connectivity index is 3.10. The summed E-state index contributed by atoms with van der Waals surface area (Å²) < 4.78 is 30.7. The van der Waals surface area contributed by atoms with E-state index in [9.17, 15) is 8.78 Å². The van der Waals surface area contributed by atoms with Crippen LogP contribution in [0.4, 0.5) is 8.78 Å². The molecule has 1 nitrogen and oxygen atoms in total. The maximum Gasteiger partial charge on any atom is 0.169 e. The van der Waals surface area contributed by atoms with Gasteiger partial charge >= 0.3 is 0 Å². The first kappa shape index (κ1) is 9.45. The molecular weight excluding hydrogens is 230 g/mol. The van der Waals surface area contributed by atoms with Gasteiger partial charge in [0.2, 0.25) is 0 Å². The lowest BCUT2D eigenvalue weighted by atomic mass is 10.3. The molecule has 0 atom stereocenters. The molecule has 0 aliphatic heterocycles.